The smallest absolute Gasteiger partial charge is 0.407 e. The third kappa shape index (κ3) is 6.84. The lowest BCUT2D eigenvalue weighted by Gasteiger charge is -2.26. The molecule has 0 spiro atoms. The van der Waals surface area contributed by atoms with Crippen LogP contribution >= 0.6 is 0 Å². The van der Waals surface area contributed by atoms with Crippen LogP contribution in [0, 0.1) is 11.3 Å². The molecule has 1 aliphatic carbocycles. The SMILES string of the molecule is CCCC(CNC(=O)C(CC(C)(C)C)NC(=O)OCC1c2ccccc2-c2ccccc21)C(=O)O. The Hall–Kier alpha value is -3.35. The summed E-state index contributed by atoms with van der Waals surface area (Å²) in [6.07, 6.45) is 0.893. The predicted molar refractivity (Wildman–Crippen MR) is 135 cm³/mol. The molecule has 188 valence electrons. The molecule has 0 aliphatic heterocycles. The molecular weight excluding hydrogens is 444 g/mol. The van der Waals surface area contributed by atoms with Crippen LogP contribution in [0.25, 0.3) is 11.1 Å². The summed E-state index contributed by atoms with van der Waals surface area (Å²) in [5.41, 5.74) is 4.26. The van der Waals surface area contributed by atoms with E-state index in [0.717, 1.165) is 22.3 Å². The number of carboxylic acids is 1. The van der Waals surface area contributed by atoms with Gasteiger partial charge in [-0.2, -0.15) is 0 Å². The molecule has 2 unspecified atom stereocenters. The zero-order chi connectivity index (χ0) is 25.6. The van der Waals surface area contributed by atoms with E-state index in [2.05, 4.69) is 22.8 Å². The highest BCUT2D eigenvalue weighted by atomic mass is 16.5. The van der Waals surface area contributed by atoms with Crippen molar-refractivity contribution >= 4 is 18.0 Å². The highest BCUT2D eigenvalue weighted by molar-refractivity contribution is 5.86. The van der Waals surface area contributed by atoms with E-state index in [1.54, 1.807) is 0 Å². The van der Waals surface area contributed by atoms with Crippen LogP contribution in [0.15, 0.2) is 48.5 Å². The molecule has 3 N–H and O–H groups in total. The summed E-state index contributed by atoms with van der Waals surface area (Å²) >= 11 is 0. The third-order valence-corrected chi connectivity index (χ3v) is 6.28. The second-order valence-electron chi connectivity index (χ2n) is 10.4. The van der Waals surface area contributed by atoms with Gasteiger partial charge in [-0.25, -0.2) is 4.79 Å². The van der Waals surface area contributed by atoms with Gasteiger partial charge in [0.05, 0.1) is 5.92 Å². The molecule has 1 aliphatic rings. The second kappa shape index (κ2) is 11.4. The molecule has 2 aromatic rings. The predicted octanol–water partition coefficient (Wildman–Crippen LogP) is 4.95. The summed E-state index contributed by atoms with van der Waals surface area (Å²) in [6.45, 7) is 8.01. The molecule has 2 aromatic carbocycles. The van der Waals surface area contributed by atoms with Crippen molar-refractivity contribution in [1.82, 2.24) is 10.6 Å². The van der Waals surface area contributed by atoms with Crippen molar-refractivity contribution in [3.05, 3.63) is 59.7 Å². The zero-order valence-electron chi connectivity index (χ0n) is 21.0. The number of ether oxygens (including phenoxy) is 1. The molecule has 7 heteroatoms. The molecule has 0 saturated heterocycles. The molecule has 0 saturated carbocycles. The number of fused-ring (bicyclic) bond motifs is 3. The number of amides is 2. The lowest BCUT2D eigenvalue weighted by molar-refractivity contribution is -0.142. The van der Waals surface area contributed by atoms with Crippen LogP contribution in [0.1, 0.15) is 64.0 Å². The van der Waals surface area contributed by atoms with Gasteiger partial charge >= 0.3 is 12.1 Å². The number of carbonyl (C=O) groups excluding carboxylic acids is 2. The van der Waals surface area contributed by atoms with Crippen molar-refractivity contribution in [3.8, 4) is 11.1 Å². The maximum atomic E-state index is 12.9. The number of hydrogen-bond acceptors (Lipinski definition) is 4. The first-order valence-electron chi connectivity index (χ1n) is 12.2. The Bertz CT molecular complexity index is 1010. The van der Waals surface area contributed by atoms with Gasteiger partial charge in [-0.15, -0.1) is 0 Å². The van der Waals surface area contributed by atoms with E-state index in [1.807, 2.05) is 64.1 Å². The number of carbonyl (C=O) groups is 3. The van der Waals surface area contributed by atoms with Crippen LogP contribution in [-0.4, -0.2) is 42.3 Å². The Labute approximate surface area is 207 Å². The Morgan fingerprint density at radius 2 is 1.57 bits per heavy atom. The lowest BCUT2D eigenvalue weighted by atomic mass is 9.87. The minimum atomic E-state index is -0.941. The quantitative estimate of drug-likeness (QED) is 0.446. The first-order valence-corrected chi connectivity index (χ1v) is 12.2. The maximum Gasteiger partial charge on any atom is 0.407 e. The molecule has 0 bridgehead atoms. The fourth-order valence-corrected chi connectivity index (χ4v) is 4.61. The van der Waals surface area contributed by atoms with E-state index >= 15 is 0 Å². The Morgan fingerprint density at radius 1 is 1.00 bits per heavy atom. The lowest BCUT2D eigenvalue weighted by Crippen LogP contribution is -2.50. The van der Waals surface area contributed by atoms with Crippen molar-refractivity contribution in [2.45, 2.75) is 58.9 Å². The van der Waals surface area contributed by atoms with Crippen LogP contribution in [0.4, 0.5) is 4.79 Å². The van der Waals surface area contributed by atoms with Crippen molar-refractivity contribution in [3.63, 3.8) is 0 Å². The molecular formula is C28H36N2O5. The highest BCUT2D eigenvalue weighted by Gasteiger charge is 2.31. The zero-order valence-corrected chi connectivity index (χ0v) is 21.0. The van der Waals surface area contributed by atoms with E-state index in [9.17, 15) is 19.5 Å². The maximum absolute atomic E-state index is 12.9. The Kier molecular flexibility index (Phi) is 8.54. The van der Waals surface area contributed by atoms with Crippen LogP contribution in [0.5, 0.6) is 0 Å². The number of aliphatic carboxylic acids is 1. The molecule has 0 heterocycles. The van der Waals surface area contributed by atoms with Crippen molar-refractivity contribution in [2.75, 3.05) is 13.2 Å². The fraction of sp³-hybridized carbons (Fsp3) is 0.464. The molecule has 2 atom stereocenters. The Balaban J connectivity index is 1.65. The van der Waals surface area contributed by atoms with E-state index in [1.165, 1.54) is 0 Å². The van der Waals surface area contributed by atoms with Gasteiger partial charge in [-0.3, -0.25) is 9.59 Å². The van der Waals surface area contributed by atoms with Crippen LogP contribution < -0.4 is 10.6 Å². The molecule has 3 rings (SSSR count). The normalized spacial score (nSPS) is 14.4. The van der Waals surface area contributed by atoms with Gasteiger partial charge in [0.15, 0.2) is 0 Å². The van der Waals surface area contributed by atoms with E-state index in [0.29, 0.717) is 19.3 Å². The first-order chi connectivity index (χ1) is 16.6. The number of carboxylic acid groups (broad SMARTS) is 1. The Morgan fingerprint density at radius 3 is 2.09 bits per heavy atom. The van der Waals surface area contributed by atoms with Crippen molar-refractivity contribution < 1.29 is 24.2 Å². The van der Waals surface area contributed by atoms with Gasteiger partial charge in [-0.1, -0.05) is 82.6 Å². The van der Waals surface area contributed by atoms with Crippen molar-refractivity contribution in [2.24, 2.45) is 11.3 Å². The van der Waals surface area contributed by atoms with Crippen LogP contribution in [-0.2, 0) is 14.3 Å². The number of benzene rings is 2. The number of hydrogen-bond donors (Lipinski definition) is 3. The standard InChI is InChI=1S/C28H36N2O5/c1-5-10-18(26(32)33)16-29-25(31)24(15-28(2,3)4)30-27(34)35-17-23-21-13-8-6-11-19(21)20-12-7-9-14-22(20)23/h6-9,11-14,18,23-24H,5,10,15-17H2,1-4H3,(H,29,31)(H,30,34)(H,32,33). The summed E-state index contributed by atoms with van der Waals surface area (Å²) in [5, 5.41) is 14.8. The highest BCUT2D eigenvalue weighted by Crippen LogP contribution is 2.44. The topological polar surface area (TPSA) is 105 Å². The molecule has 0 fully saturated rings. The van der Waals surface area contributed by atoms with E-state index in [-0.39, 0.29) is 24.5 Å². The van der Waals surface area contributed by atoms with Gasteiger partial charge in [0, 0.05) is 12.5 Å². The minimum Gasteiger partial charge on any atom is -0.481 e. The van der Waals surface area contributed by atoms with Gasteiger partial charge in [-0.05, 0) is 40.5 Å². The number of nitrogens with one attached hydrogen (secondary N) is 2. The first kappa shape index (κ1) is 26.3. The number of rotatable bonds is 10. The second-order valence-corrected chi connectivity index (χ2v) is 10.4. The molecule has 0 aromatic heterocycles. The molecule has 2 amide bonds. The average Bonchev–Trinajstić information content (AvgIpc) is 3.12. The molecule has 35 heavy (non-hydrogen) atoms. The van der Waals surface area contributed by atoms with Gasteiger partial charge in [0.1, 0.15) is 12.6 Å². The summed E-state index contributed by atoms with van der Waals surface area (Å²) in [6, 6.07) is 15.4. The largest absolute Gasteiger partial charge is 0.481 e. The fourth-order valence-electron chi connectivity index (χ4n) is 4.61. The third-order valence-electron chi connectivity index (χ3n) is 6.28. The van der Waals surface area contributed by atoms with Crippen LogP contribution in [0.2, 0.25) is 0 Å². The summed E-state index contributed by atoms with van der Waals surface area (Å²) in [4.78, 5) is 37.1. The molecule has 7 nitrogen and oxygen atoms in total. The van der Waals surface area contributed by atoms with Gasteiger partial charge < -0.3 is 20.5 Å². The number of alkyl carbamates (subject to hydrolysis) is 1. The summed E-state index contributed by atoms with van der Waals surface area (Å²) < 4.78 is 5.61. The van der Waals surface area contributed by atoms with Crippen molar-refractivity contribution in [1.29, 1.82) is 0 Å². The van der Waals surface area contributed by atoms with E-state index < -0.39 is 29.9 Å². The van der Waals surface area contributed by atoms with Gasteiger partial charge in [0.25, 0.3) is 0 Å². The molecule has 0 radical (unpaired) electrons. The van der Waals surface area contributed by atoms with Crippen LogP contribution in [0.3, 0.4) is 0 Å². The average molecular weight is 481 g/mol. The monoisotopic (exact) mass is 480 g/mol. The summed E-state index contributed by atoms with van der Waals surface area (Å²) in [7, 11) is 0. The summed E-state index contributed by atoms with van der Waals surface area (Å²) in [5.74, 6) is -2.08. The van der Waals surface area contributed by atoms with E-state index in [4.69, 9.17) is 4.74 Å². The minimum absolute atomic E-state index is 0.0228. The van der Waals surface area contributed by atoms with Gasteiger partial charge in [0.2, 0.25) is 5.91 Å².